The molecule has 2 rings (SSSR count). The highest BCUT2D eigenvalue weighted by atomic mass is 16.5. The highest BCUT2D eigenvalue weighted by Gasteiger charge is 2.15. The largest absolute Gasteiger partial charge is 0.459 e. The van der Waals surface area contributed by atoms with E-state index >= 15 is 0 Å². The van der Waals surface area contributed by atoms with Gasteiger partial charge in [0, 0.05) is 11.8 Å². The summed E-state index contributed by atoms with van der Waals surface area (Å²) in [6.45, 7) is 6.91. The predicted octanol–water partition coefficient (Wildman–Crippen LogP) is 1.71. The molecule has 0 saturated heterocycles. The summed E-state index contributed by atoms with van der Waals surface area (Å²) < 4.78 is 6.16. The Labute approximate surface area is 127 Å². The van der Waals surface area contributed by atoms with Gasteiger partial charge in [0.05, 0.1) is 17.4 Å². The summed E-state index contributed by atoms with van der Waals surface area (Å²) in [4.78, 5) is 38.7. The third kappa shape index (κ3) is 3.16. The molecule has 6 heteroatoms. The number of rotatable bonds is 3. The summed E-state index contributed by atoms with van der Waals surface area (Å²) in [7, 11) is 0. The highest BCUT2D eigenvalue weighted by molar-refractivity contribution is 5.91. The van der Waals surface area contributed by atoms with Gasteiger partial charge in [0.1, 0.15) is 0 Å². The molecular weight excluding hydrogens is 284 g/mol. The van der Waals surface area contributed by atoms with Crippen molar-refractivity contribution in [3.63, 3.8) is 0 Å². The van der Waals surface area contributed by atoms with E-state index < -0.39 is 17.2 Å². The fraction of sp³-hybridized carbons (Fsp3) is 0.312. The standard InChI is InChI=1S/C16H18N2O4/c1-9(2)22-15(20)13-8-12(6-5-10(13)3)18-14(19)7-11(4)17-16(18)21/h5-9H,1-4H3,(H,17,21). The number of aryl methyl sites for hydroxylation is 2. The molecule has 0 bridgehead atoms. The smallest absolute Gasteiger partial charge is 0.338 e. The van der Waals surface area contributed by atoms with E-state index in [4.69, 9.17) is 4.74 Å². The zero-order valence-electron chi connectivity index (χ0n) is 13.0. The van der Waals surface area contributed by atoms with E-state index in [1.165, 1.54) is 12.1 Å². The lowest BCUT2D eigenvalue weighted by atomic mass is 10.1. The number of H-pyrrole nitrogens is 1. The van der Waals surface area contributed by atoms with Crippen molar-refractivity contribution in [3.05, 3.63) is 61.9 Å². The highest BCUT2D eigenvalue weighted by Crippen LogP contribution is 2.15. The molecule has 0 fully saturated rings. The van der Waals surface area contributed by atoms with Crippen LogP contribution in [0.1, 0.15) is 35.5 Å². The van der Waals surface area contributed by atoms with E-state index in [1.54, 1.807) is 39.8 Å². The maximum Gasteiger partial charge on any atom is 0.338 e. The zero-order valence-corrected chi connectivity index (χ0v) is 13.0. The average molecular weight is 302 g/mol. The second kappa shape index (κ2) is 6.01. The second-order valence-electron chi connectivity index (χ2n) is 5.38. The maximum atomic E-state index is 12.1. The van der Waals surface area contributed by atoms with Gasteiger partial charge in [-0.1, -0.05) is 6.07 Å². The monoisotopic (exact) mass is 302 g/mol. The Bertz CT molecular complexity index is 800. The van der Waals surface area contributed by atoms with E-state index in [-0.39, 0.29) is 6.10 Å². The van der Waals surface area contributed by atoms with Crippen LogP contribution in [0.5, 0.6) is 0 Å². The van der Waals surface area contributed by atoms with Crippen molar-refractivity contribution >= 4 is 5.97 Å². The lowest BCUT2D eigenvalue weighted by Crippen LogP contribution is -2.33. The van der Waals surface area contributed by atoms with Gasteiger partial charge in [-0.05, 0) is 45.4 Å². The Morgan fingerprint density at radius 2 is 1.86 bits per heavy atom. The first kappa shape index (κ1) is 15.8. The number of ether oxygens (including phenoxy) is 1. The summed E-state index contributed by atoms with van der Waals surface area (Å²) in [6.07, 6.45) is -0.249. The average Bonchev–Trinajstić information content (AvgIpc) is 2.38. The number of hydrogen-bond acceptors (Lipinski definition) is 4. The number of esters is 1. The number of aromatic amines is 1. The SMILES string of the molecule is Cc1cc(=O)n(-c2ccc(C)c(C(=O)OC(C)C)c2)c(=O)[nH]1. The molecule has 116 valence electrons. The van der Waals surface area contributed by atoms with E-state index in [0.29, 0.717) is 22.5 Å². The molecular formula is C16H18N2O4. The third-order valence-electron chi connectivity index (χ3n) is 3.11. The van der Waals surface area contributed by atoms with E-state index in [2.05, 4.69) is 4.98 Å². The number of benzene rings is 1. The van der Waals surface area contributed by atoms with Gasteiger partial charge < -0.3 is 9.72 Å². The Kier molecular flexibility index (Phi) is 4.30. The van der Waals surface area contributed by atoms with E-state index in [1.807, 2.05) is 0 Å². The van der Waals surface area contributed by atoms with Gasteiger partial charge >= 0.3 is 11.7 Å². The van der Waals surface area contributed by atoms with Crippen molar-refractivity contribution in [2.75, 3.05) is 0 Å². The molecule has 0 spiro atoms. The normalized spacial score (nSPS) is 10.8. The first-order chi connectivity index (χ1) is 10.3. The fourth-order valence-electron chi connectivity index (χ4n) is 2.10. The molecule has 1 heterocycles. The molecule has 0 aliphatic rings. The van der Waals surface area contributed by atoms with Crippen LogP contribution in [-0.2, 0) is 4.74 Å². The molecule has 6 nitrogen and oxygen atoms in total. The molecule has 0 saturated carbocycles. The lowest BCUT2D eigenvalue weighted by Gasteiger charge is -2.12. The number of carbonyl (C=O) groups excluding carboxylic acids is 1. The fourth-order valence-corrected chi connectivity index (χ4v) is 2.10. The van der Waals surface area contributed by atoms with Crippen molar-refractivity contribution in [3.8, 4) is 5.69 Å². The summed E-state index contributed by atoms with van der Waals surface area (Å²) in [5.74, 6) is -0.481. The van der Waals surface area contributed by atoms with Crippen LogP contribution >= 0.6 is 0 Å². The Balaban J connectivity index is 2.58. The third-order valence-corrected chi connectivity index (χ3v) is 3.11. The number of aromatic nitrogens is 2. The van der Waals surface area contributed by atoms with Crippen molar-refractivity contribution in [1.82, 2.24) is 9.55 Å². The molecule has 0 unspecified atom stereocenters. The van der Waals surface area contributed by atoms with E-state index in [0.717, 1.165) is 4.57 Å². The Morgan fingerprint density at radius 1 is 1.18 bits per heavy atom. The Morgan fingerprint density at radius 3 is 2.45 bits per heavy atom. The summed E-state index contributed by atoms with van der Waals surface area (Å²) in [6, 6.07) is 6.12. The Hall–Kier alpha value is -2.63. The molecule has 22 heavy (non-hydrogen) atoms. The van der Waals surface area contributed by atoms with Crippen molar-refractivity contribution in [2.45, 2.75) is 33.8 Å². The molecule has 0 aliphatic heterocycles. The first-order valence-corrected chi connectivity index (χ1v) is 6.94. The molecule has 1 N–H and O–H groups in total. The van der Waals surface area contributed by atoms with Gasteiger partial charge in [0.25, 0.3) is 5.56 Å². The zero-order chi connectivity index (χ0) is 16.4. The van der Waals surface area contributed by atoms with Crippen molar-refractivity contribution in [1.29, 1.82) is 0 Å². The first-order valence-electron chi connectivity index (χ1n) is 6.94. The van der Waals surface area contributed by atoms with Gasteiger partial charge in [-0.15, -0.1) is 0 Å². The summed E-state index contributed by atoms with van der Waals surface area (Å²) in [5.41, 5.74) is 0.861. The van der Waals surface area contributed by atoms with Crippen LogP contribution in [0.2, 0.25) is 0 Å². The van der Waals surface area contributed by atoms with Crippen LogP contribution in [0.3, 0.4) is 0 Å². The van der Waals surface area contributed by atoms with Crippen LogP contribution < -0.4 is 11.2 Å². The van der Waals surface area contributed by atoms with Crippen LogP contribution in [0.4, 0.5) is 0 Å². The number of nitrogens with zero attached hydrogens (tertiary/aromatic N) is 1. The summed E-state index contributed by atoms with van der Waals surface area (Å²) in [5, 5.41) is 0. The molecule has 0 aliphatic carbocycles. The molecule has 1 aromatic carbocycles. The van der Waals surface area contributed by atoms with Gasteiger partial charge in [0.2, 0.25) is 0 Å². The second-order valence-corrected chi connectivity index (χ2v) is 5.38. The molecule has 0 radical (unpaired) electrons. The van der Waals surface area contributed by atoms with Gasteiger partial charge in [-0.2, -0.15) is 0 Å². The quantitative estimate of drug-likeness (QED) is 0.875. The lowest BCUT2D eigenvalue weighted by molar-refractivity contribution is 0.0377. The number of nitrogens with one attached hydrogen (secondary N) is 1. The van der Waals surface area contributed by atoms with E-state index in [9.17, 15) is 14.4 Å². The van der Waals surface area contributed by atoms with Crippen LogP contribution in [-0.4, -0.2) is 21.6 Å². The minimum absolute atomic E-state index is 0.249. The minimum Gasteiger partial charge on any atom is -0.459 e. The van der Waals surface area contributed by atoms with Crippen LogP contribution in [0.15, 0.2) is 33.9 Å². The van der Waals surface area contributed by atoms with Crippen molar-refractivity contribution < 1.29 is 9.53 Å². The van der Waals surface area contributed by atoms with Crippen LogP contribution in [0, 0.1) is 13.8 Å². The molecule has 0 amide bonds. The maximum absolute atomic E-state index is 12.1. The number of hydrogen-bond donors (Lipinski definition) is 1. The van der Waals surface area contributed by atoms with Gasteiger partial charge in [-0.3, -0.25) is 4.79 Å². The van der Waals surface area contributed by atoms with Crippen molar-refractivity contribution in [2.24, 2.45) is 0 Å². The molecule has 0 atom stereocenters. The predicted molar refractivity (Wildman–Crippen MR) is 82.7 cm³/mol. The van der Waals surface area contributed by atoms with Crippen LogP contribution in [0.25, 0.3) is 5.69 Å². The molecule has 2 aromatic rings. The topological polar surface area (TPSA) is 81.2 Å². The van der Waals surface area contributed by atoms with Gasteiger partial charge in [0.15, 0.2) is 0 Å². The minimum atomic E-state index is -0.544. The molecule has 1 aromatic heterocycles. The number of carbonyl (C=O) groups is 1. The summed E-state index contributed by atoms with van der Waals surface area (Å²) >= 11 is 0. The van der Waals surface area contributed by atoms with Gasteiger partial charge in [-0.25, -0.2) is 14.2 Å².